The Morgan fingerprint density at radius 1 is 1.00 bits per heavy atom. The molecular formula is C26H25Br. The van der Waals surface area contributed by atoms with Gasteiger partial charge in [-0.05, 0) is 69.0 Å². The van der Waals surface area contributed by atoms with Crippen LogP contribution in [-0.2, 0) is 18.3 Å². The predicted octanol–water partition coefficient (Wildman–Crippen LogP) is 7.73. The second-order valence-corrected chi connectivity index (χ2v) is 9.30. The van der Waals surface area contributed by atoms with Crippen LogP contribution in [0.4, 0.5) is 0 Å². The van der Waals surface area contributed by atoms with Crippen LogP contribution in [0.2, 0.25) is 0 Å². The Labute approximate surface area is 170 Å². The summed E-state index contributed by atoms with van der Waals surface area (Å²) in [4.78, 5) is 0. The lowest BCUT2D eigenvalue weighted by atomic mass is 9.81. The van der Waals surface area contributed by atoms with Gasteiger partial charge in [-0.15, -0.1) is 0 Å². The maximum absolute atomic E-state index is 3.50. The number of benzene rings is 3. The molecule has 0 heterocycles. The van der Waals surface area contributed by atoms with E-state index in [4.69, 9.17) is 0 Å². The van der Waals surface area contributed by atoms with E-state index in [0.717, 1.165) is 17.3 Å². The topological polar surface area (TPSA) is 0 Å². The molecule has 27 heavy (non-hydrogen) atoms. The van der Waals surface area contributed by atoms with Gasteiger partial charge < -0.3 is 0 Å². The molecule has 0 saturated carbocycles. The highest BCUT2D eigenvalue weighted by atomic mass is 79.9. The van der Waals surface area contributed by atoms with Crippen molar-refractivity contribution in [1.82, 2.24) is 0 Å². The molecule has 0 N–H and O–H groups in total. The van der Waals surface area contributed by atoms with E-state index in [2.05, 4.69) is 110 Å². The molecule has 0 atom stereocenters. The smallest absolute Gasteiger partial charge is 0.0175 e. The van der Waals surface area contributed by atoms with Gasteiger partial charge in [0.25, 0.3) is 0 Å². The summed E-state index contributed by atoms with van der Waals surface area (Å²) < 4.78 is 1.13. The van der Waals surface area contributed by atoms with E-state index in [0.29, 0.717) is 0 Å². The first-order valence-electron chi connectivity index (χ1n) is 9.59. The lowest BCUT2D eigenvalue weighted by Gasteiger charge is -2.23. The molecule has 0 bridgehead atoms. The lowest BCUT2D eigenvalue weighted by molar-refractivity contribution is 0.591. The highest BCUT2D eigenvalue weighted by Crippen LogP contribution is 2.35. The molecule has 1 heteroatoms. The normalized spacial score (nSPS) is 13.6. The van der Waals surface area contributed by atoms with E-state index >= 15 is 0 Å². The van der Waals surface area contributed by atoms with Crippen LogP contribution in [0.1, 0.15) is 48.6 Å². The second-order valence-electron chi connectivity index (χ2n) is 8.39. The van der Waals surface area contributed by atoms with Crippen LogP contribution >= 0.6 is 15.9 Å². The summed E-state index contributed by atoms with van der Waals surface area (Å²) in [6, 6.07) is 17.9. The Hall–Kier alpha value is -2.12. The third-order valence-electron chi connectivity index (χ3n) is 5.34. The first-order valence-corrected chi connectivity index (χ1v) is 10.4. The highest BCUT2D eigenvalue weighted by Gasteiger charge is 2.18. The van der Waals surface area contributed by atoms with Gasteiger partial charge in [-0.1, -0.05) is 97.4 Å². The van der Waals surface area contributed by atoms with Crippen molar-refractivity contribution in [1.29, 1.82) is 0 Å². The van der Waals surface area contributed by atoms with Gasteiger partial charge in [0.1, 0.15) is 0 Å². The molecule has 0 saturated heterocycles. The molecule has 0 spiro atoms. The highest BCUT2D eigenvalue weighted by molar-refractivity contribution is 9.10. The van der Waals surface area contributed by atoms with Crippen LogP contribution < -0.4 is 0 Å². The van der Waals surface area contributed by atoms with Crippen molar-refractivity contribution in [3.05, 3.63) is 93.0 Å². The third kappa shape index (κ3) is 3.80. The van der Waals surface area contributed by atoms with Gasteiger partial charge in [0.2, 0.25) is 0 Å². The fraction of sp³-hybridized carbons (Fsp3) is 0.231. The summed E-state index contributed by atoms with van der Waals surface area (Å²) in [5.74, 6) is 0. The Bertz CT molecular complexity index is 1040. The van der Waals surface area contributed by atoms with Gasteiger partial charge in [0, 0.05) is 4.47 Å². The summed E-state index contributed by atoms with van der Waals surface area (Å²) >= 11 is 3.50. The molecule has 0 nitrogen and oxygen atoms in total. The van der Waals surface area contributed by atoms with Crippen LogP contribution in [0.3, 0.4) is 0 Å². The number of allylic oxidation sites excluding steroid dienone is 2. The zero-order chi connectivity index (χ0) is 19.0. The predicted molar refractivity (Wildman–Crippen MR) is 122 cm³/mol. The first-order chi connectivity index (χ1) is 12.9. The van der Waals surface area contributed by atoms with Crippen LogP contribution in [-0.4, -0.2) is 0 Å². The van der Waals surface area contributed by atoms with Gasteiger partial charge in [-0.2, -0.15) is 0 Å². The van der Waals surface area contributed by atoms with E-state index in [9.17, 15) is 0 Å². The first kappa shape index (κ1) is 18.3. The van der Waals surface area contributed by atoms with Crippen molar-refractivity contribution < 1.29 is 0 Å². The second kappa shape index (κ2) is 7.13. The average molecular weight is 417 g/mol. The summed E-state index contributed by atoms with van der Waals surface area (Å²) in [6.45, 7) is 6.86. The molecule has 1 aliphatic carbocycles. The molecule has 0 fully saturated rings. The summed E-state index contributed by atoms with van der Waals surface area (Å²) in [5.41, 5.74) is 7.06. The van der Waals surface area contributed by atoms with Crippen molar-refractivity contribution in [2.45, 2.75) is 39.0 Å². The molecule has 0 aliphatic heterocycles. The molecule has 3 aromatic rings. The quantitative estimate of drug-likeness (QED) is 0.409. The van der Waals surface area contributed by atoms with Crippen LogP contribution in [0.15, 0.2) is 65.2 Å². The minimum absolute atomic E-state index is 0.166. The van der Waals surface area contributed by atoms with Crippen LogP contribution in [0.5, 0.6) is 0 Å². The van der Waals surface area contributed by atoms with Gasteiger partial charge in [-0.25, -0.2) is 0 Å². The summed E-state index contributed by atoms with van der Waals surface area (Å²) in [5, 5.41) is 2.79. The van der Waals surface area contributed by atoms with E-state index < -0.39 is 0 Å². The van der Waals surface area contributed by atoms with Crippen molar-refractivity contribution in [2.24, 2.45) is 0 Å². The van der Waals surface area contributed by atoms with Gasteiger partial charge in [0.05, 0.1) is 0 Å². The molecule has 4 rings (SSSR count). The summed E-state index contributed by atoms with van der Waals surface area (Å²) in [7, 11) is 0. The van der Waals surface area contributed by atoms with Gasteiger partial charge in [0.15, 0.2) is 0 Å². The number of hydrogen-bond acceptors (Lipinski definition) is 0. The molecule has 0 amide bonds. The molecule has 0 aromatic heterocycles. The molecule has 136 valence electrons. The maximum atomic E-state index is 3.50. The lowest BCUT2D eigenvalue weighted by Crippen LogP contribution is -2.12. The van der Waals surface area contributed by atoms with Crippen LogP contribution in [0.25, 0.3) is 22.9 Å². The van der Waals surface area contributed by atoms with Crippen molar-refractivity contribution >= 4 is 38.9 Å². The Balaban J connectivity index is 1.70. The number of hydrogen-bond donors (Lipinski definition) is 0. The van der Waals surface area contributed by atoms with Crippen LogP contribution in [0, 0.1) is 0 Å². The minimum Gasteiger partial charge on any atom is -0.0795 e. The van der Waals surface area contributed by atoms with E-state index in [1.54, 1.807) is 0 Å². The fourth-order valence-electron chi connectivity index (χ4n) is 3.78. The van der Waals surface area contributed by atoms with Gasteiger partial charge >= 0.3 is 0 Å². The van der Waals surface area contributed by atoms with Crippen molar-refractivity contribution in [3.8, 4) is 0 Å². The fourth-order valence-corrected chi connectivity index (χ4v) is 4.04. The number of halogens is 1. The Morgan fingerprint density at radius 2 is 1.78 bits per heavy atom. The molecular weight excluding hydrogens is 392 g/mol. The summed E-state index contributed by atoms with van der Waals surface area (Å²) in [6.07, 6.45) is 11.1. The molecule has 0 radical (unpaired) electrons. The Kier molecular flexibility index (Phi) is 4.82. The SMILES string of the molecule is CC(C)(C)c1cc2c3c(c(/C=C\Cc4ccc(Br)cc4)ccc3c1)CC=C2. The van der Waals surface area contributed by atoms with Gasteiger partial charge in [-0.3, -0.25) is 0 Å². The number of rotatable bonds is 3. The van der Waals surface area contributed by atoms with E-state index in [-0.39, 0.29) is 5.41 Å². The standard InChI is InChI=1S/C26H25Br/c1-26(2,3)22-16-20-8-5-9-24-19(12-13-21(17-22)25(20)24)7-4-6-18-10-14-23(27)15-11-18/h4-5,7-8,10-17H,6,9H2,1-3H3/b7-4-. The van der Waals surface area contributed by atoms with E-state index in [1.165, 1.54) is 38.6 Å². The maximum Gasteiger partial charge on any atom is 0.0175 e. The largest absolute Gasteiger partial charge is 0.0795 e. The minimum atomic E-state index is 0.166. The molecule has 0 unspecified atom stereocenters. The monoisotopic (exact) mass is 416 g/mol. The van der Waals surface area contributed by atoms with Crippen molar-refractivity contribution in [2.75, 3.05) is 0 Å². The average Bonchev–Trinajstić information content (AvgIpc) is 2.64. The van der Waals surface area contributed by atoms with E-state index in [1.807, 2.05) is 0 Å². The molecule has 1 aliphatic rings. The zero-order valence-corrected chi connectivity index (χ0v) is 17.8. The zero-order valence-electron chi connectivity index (χ0n) is 16.2. The Morgan fingerprint density at radius 3 is 2.52 bits per heavy atom. The molecule has 3 aromatic carbocycles. The van der Waals surface area contributed by atoms with Crippen molar-refractivity contribution in [3.63, 3.8) is 0 Å². The third-order valence-corrected chi connectivity index (χ3v) is 5.87.